The summed E-state index contributed by atoms with van der Waals surface area (Å²) in [4.78, 5) is 40.6. The Hall–Kier alpha value is -2.68. The van der Waals surface area contributed by atoms with E-state index in [1.807, 2.05) is 0 Å². The molecule has 148 valence electrons. The zero-order valence-electron chi connectivity index (χ0n) is 15.6. The Labute approximate surface area is 171 Å². The number of aryl methyl sites for hydroxylation is 1. The lowest BCUT2D eigenvalue weighted by atomic mass is 10.2. The fraction of sp³-hybridized carbons (Fsp3) is 0.368. The zero-order valence-corrected chi connectivity index (χ0v) is 17.2. The van der Waals surface area contributed by atoms with Crippen molar-refractivity contribution in [2.75, 3.05) is 26.2 Å². The number of rotatable bonds is 4. The smallest absolute Gasteiger partial charge is 0.292 e. The molecule has 3 rings (SSSR count). The summed E-state index contributed by atoms with van der Waals surface area (Å²) in [5.74, 6) is -0.507. The summed E-state index contributed by atoms with van der Waals surface area (Å²) in [6.45, 7) is 5.01. The molecule has 8 nitrogen and oxygen atoms in total. The van der Waals surface area contributed by atoms with Crippen LogP contribution in [0.1, 0.15) is 33.5 Å². The van der Waals surface area contributed by atoms with Crippen LogP contribution in [0.25, 0.3) is 0 Å². The molecule has 1 aliphatic rings. The lowest BCUT2D eigenvalue weighted by Gasteiger charge is -2.35. The molecule has 1 aliphatic heterocycles. The normalized spacial score (nSPS) is 15.2. The minimum Gasteiger partial charge on any atom is -0.351 e. The van der Waals surface area contributed by atoms with Crippen molar-refractivity contribution in [2.45, 2.75) is 19.9 Å². The molecule has 3 amide bonds. The molecule has 1 aromatic heterocycles. The van der Waals surface area contributed by atoms with Gasteiger partial charge in [-0.05, 0) is 38.1 Å². The number of hydrogen-bond donors (Lipinski definition) is 1. The highest BCUT2D eigenvalue weighted by molar-refractivity contribution is 9.10. The molecule has 2 heterocycles. The third-order valence-corrected chi connectivity index (χ3v) is 5.07. The van der Waals surface area contributed by atoms with Crippen molar-refractivity contribution >= 4 is 33.7 Å². The fourth-order valence-electron chi connectivity index (χ4n) is 2.97. The van der Waals surface area contributed by atoms with E-state index >= 15 is 0 Å². The van der Waals surface area contributed by atoms with Gasteiger partial charge in [0, 0.05) is 42.3 Å². The molecule has 1 atom stereocenters. The van der Waals surface area contributed by atoms with Gasteiger partial charge in [-0.1, -0.05) is 21.1 Å². The Bertz CT molecular complexity index is 872. The topological polar surface area (TPSA) is 95.8 Å². The molecular formula is C19H21BrN4O4. The highest BCUT2D eigenvalue weighted by Crippen LogP contribution is 2.12. The van der Waals surface area contributed by atoms with Crippen molar-refractivity contribution in [3.05, 3.63) is 51.8 Å². The third kappa shape index (κ3) is 4.59. The number of carbonyl (C=O) groups excluding carboxylic acids is 3. The number of benzene rings is 1. The van der Waals surface area contributed by atoms with Crippen molar-refractivity contribution in [3.63, 3.8) is 0 Å². The Morgan fingerprint density at radius 2 is 1.71 bits per heavy atom. The van der Waals surface area contributed by atoms with Crippen LogP contribution in [0.5, 0.6) is 0 Å². The minimum absolute atomic E-state index is 0.173. The predicted octanol–water partition coefficient (Wildman–Crippen LogP) is 1.85. The number of carbonyl (C=O) groups is 3. The van der Waals surface area contributed by atoms with E-state index < -0.39 is 6.04 Å². The fourth-order valence-corrected chi connectivity index (χ4v) is 3.23. The van der Waals surface area contributed by atoms with Crippen molar-refractivity contribution < 1.29 is 18.9 Å². The number of piperazine rings is 1. The molecule has 0 bridgehead atoms. The molecule has 1 aromatic carbocycles. The summed E-state index contributed by atoms with van der Waals surface area (Å²) < 4.78 is 5.89. The van der Waals surface area contributed by atoms with Crippen molar-refractivity contribution in [1.29, 1.82) is 0 Å². The lowest BCUT2D eigenvalue weighted by molar-refractivity contribution is -0.134. The molecule has 1 N–H and O–H groups in total. The zero-order chi connectivity index (χ0) is 20.3. The van der Waals surface area contributed by atoms with Gasteiger partial charge in [0.2, 0.25) is 11.7 Å². The number of halogens is 1. The second-order valence-electron chi connectivity index (χ2n) is 6.65. The van der Waals surface area contributed by atoms with Crippen LogP contribution in [0.4, 0.5) is 0 Å². The average Bonchev–Trinajstić information content (AvgIpc) is 3.13. The first-order valence-electron chi connectivity index (χ1n) is 8.93. The van der Waals surface area contributed by atoms with Crippen LogP contribution < -0.4 is 5.32 Å². The van der Waals surface area contributed by atoms with Crippen molar-refractivity contribution in [1.82, 2.24) is 20.3 Å². The molecule has 0 radical (unpaired) electrons. The van der Waals surface area contributed by atoms with Crippen LogP contribution in [0, 0.1) is 6.92 Å². The summed E-state index contributed by atoms with van der Waals surface area (Å²) >= 11 is 3.32. The van der Waals surface area contributed by atoms with Gasteiger partial charge in [0.1, 0.15) is 6.04 Å². The van der Waals surface area contributed by atoms with Gasteiger partial charge in [0.05, 0.1) is 5.69 Å². The first-order chi connectivity index (χ1) is 13.3. The predicted molar refractivity (Wildman–Crippen MR) is 105 cm³/mol. The molecule has 1 unspecified atom stereocenters. The van der Waals surface area contributed by atoms with E-state index in [4.69, 9.17) is 4.52 Å². The third-order valence-electron chi connectivity index (χ3n) is 4.54. The summed E-state index contributed by atoms with van der Waals surface area (Å²) in [5, 5.41) is 6.45. The SMILES string of the molecule is Cc1cc(C(=O)N2CCN(C(=O)C(C)NC(=O)c3ccc(Br)cc3)CC2)on1. The van der Waals surface area contributed by atoms with E-state index in [1.54, 1.807) is 54.0 Å². The Morgan fingerprint density at radius 3 is 2.29 bits per heavy atom. The van der Waals surface area contributed by atoms with E-state index in [9.17, 15) is 14.4 Å². The van der Waals surface area contributed by atoms with Gasteiger partial charge < -0.3 is 19.6 Å². The van der Waals surface area contributed by atoms with E-state index in [0.717, 1.165) is 4.47 Å². The highest BCUT2D eigenvalue weighted by atomic mass is 79.9. The van der Waals surface area contributed by atoms with E-state index in [1.165, 1.54) is 0 Å². The van der Waals surface area contributed by atoms with E-state index in [0.29, 0.717) is 37.4 Å². The molecule has 0 aliphatic carbocycles. The summed E-state index contributed by atoms with van der Waals surface area (Å²) in [7, 11) is 0. The van der Waals surface area contributed by atoms with Crippen molar-refractivity contribution in [2.24, 2.45) is 0 Å². The molecule has 2 aromatic rings. The van der Waals surface area contributed by atoms with Crippen LogP contribution in [0.15, 0.2) is 39.3 Å². The quantitative estimate of drug-likeness (QED) is 0.769. The number of amides is 3. The molecule has 1 fully saturated rings. The molecule has 0 saturated carbocycles. The molecule has 0 spiro atoms. The van der Waals surface area contributed by atoms with Gasteiger partial charge in [-0.15, -0.1) is 0 Å². The maximum Gasteiger partial charge on any atom is 0.292 e. The Morgan fingerprint density at radius 1 is 1.11 bits per heavy atom. The maximum absolute atomic E-state index is 12.6. The first-order valence-corrected chi connectivity index (χ1v) is 9.72. The summed E-state index contributed by atoms with van der Waals surface area (Å²) in [5.41, 5.74) is 1.13. The van der Waals surface area contributed by atoms with Gasteiger partial charge in [-0.3, -0.25) is 14.4 Å². The number of hydrogen-bond acceptors (Lipinski definition) is 5. The number of nitrogens with one attached hydrogen (secondary N) is 1. The minimum atomic E-state index is -0.657. The van der Waals surface area contributed by atoms with Gasteiger partial charge in [0.25, 0.3) is 11.8 Å². The van der Waals surface area contributed by atoms with Gasteiger partial charge in [-0.2, -0.15) is 0 Å². The van der Waals surface area contributed by atoms with Crippen LogP contribution in [0.3, 0.4) is 0 Å². The Balaban J connectivity index is 1.52. The van der Waals surface area contributed by atoms with Crippen LogP contribution >= 0.6 is 15.9 Å². The highest BCUT2D eigenvalue weighted by Gasteiger charge is 2.29. The standard InChI is InChI=1S/C19H21BrN4O4/c1-12-11-16(28-22-12)19(27)24-9-7-23(8-10-24)18(26)13(2)21-17(25)14-3-5-15(20)6-4-14/h3-6,11,13H,7-10H2,1-2H3,(H,21,25). The maximum atomic E-state index is 12.6. The summed E-state index contributed by atoms with van der Waals surface area (Å²) in [6.07, 6.45) is 0. The van der Waals surface area contributed by atoms with Gasteiger partial charge in [-0.25, -0.2) is 0 Å². The van der Waals surface area contributed by atoms with Crippen LogP contribution in [0.2, 0.25) is 0 Å². The van der Waals surface area contributed by atoms with Crippen LogP contribution in [-0.2, 0) is 4.79 Å². The Kier molecular flexibility index (Phi) is 6.13. The van der Waals surface area contributed by atoms with E-state index in [-0.39, 0.29) is 23.5 Å². The molecule has 28 heavy (non-hydrogen) atoms. The van der Waals surface area contributed by atoms with Gasteiger partial charge >= 0.3 is 0 Å². The largest absolute Gasteiger partial charge is 0.351 e. The van der Waals surface area contributed by atoms with Crippen LogP contribution in [-0.4, -0.2) is 64.9 Å². The second kappa shape index (κ2) is 8.55. The second-order valence-corrected chi connectivity index (χ2v) is 7.57. The van der Waals surface area contributed by atoms with Gasteiger partial charge in [0.15, 0.2) is 0 Å². The lowest BCUT2D eigenvalue weighted by Crippen LogP contribution is -2.55. The molecule has 9 heteroatoms. The number of aromatic nitrogens is 1. The first kappa shape index (κ1) is 20.1. The summed E-state index contributed by atoms with van der Waals surface area (Å²) in [6, 6.07) is 7.86. The molecule has 1 saturated heterocycles. The van der Waals surface area contributed by atoms with E-state index in [2.05, 4.69) is 26.4 Å². The monoisotopic (exact) mass is 448 g/mol. The number of nitrogens with zero attached hydrogens (tertiary/aromatic N) is 3. The average molecular weight is 449 g/mol. The van der Waals surface area contributed by atoms with Crippen molar-refractivity contribution in [3.8, 4) is 0 Å². The molecular weight excluding hydrogens is 428 g/mol.